The summed E-state index contributed by atoms with van der Waals surface area (Å²) in [7, 11) is 0. The second-order valence-electron chi connectivity index (χ2n) is 11.3. The summed E-state index contributed by atoms with van der Waals surface area (Å²) < 4.78 is 0. The standard InChI is InChI=1S/C31H28ClN3O3/c1-29(2,3)35-28(38)31(25(33-35)22-14-16-23(32)17-15-22)24(21-12-8-5-9-13-21)30(31)19-34(27(37)26(30)36)18-20-10-6-4-7-11-20/h4-17,24H,18-19H2,1-3H3/t24-,30?,31?/m0/s1. The smallest absolute Gasteiger partial charge is 0.291 e. The minimum atomic E-state index is -1.30. The van der Waals surface area contributed by atoms with Gasteiger partial charge in [0.15, 0.2) is 0 Å². The Hall–Kier alpha value is -3.77. The number of likely N-dealkylation sites (tertiary alicyclic amines) is 1. The highest BCUT2D eigenvalue weighted by Gasteiger charge is 2.91. The fourth-order valence-corrected chi connectivity index (χ4v) is 6.58. The molecule has 7 heteroatoms. The molecule has 6 nitrogen and oxygen atoms in total. The van der Waals surface area contributed by atoms with Crippen LogP contribution in [0.2, 0.25) is 5.02 Å². The number of amides is 2. The van der Waals surface area contributed by atoms with Gasteiger partial charge in [-0.25, -0.2) is 5.01 Å². The van der Waals surface area contributed by atoms with Crippen LogP contribution in [0, 0.1) is 10.8 Å². The minimum absolute atomic E-state index is 0.148. The van der Waals surface area contributed by atoms with Gasteiger partial charge in [-0.05, 0) is 49.6 Å². The number of rotatable bonds is 4. The molecule has 1 aliphatic carbocycles. The minimum Gasteiger partial charge on any atom is -0.331 e. The molecule has 6 rings (SSSR count). The summed E-state index contributed by atoms with van der Waals surface area (Å²) in [5.74, 6) is -1.84. The maximum absolute atomic E-state index is 14.6. The van der Waals surface area contributed by atoms with Crippen LogP contribution < -0.4 is 0 Å². The second-order valence-corrected chi connectivity index (χ2v) is 11.8. The van der Waals surface area contributed by atoms with E-state index >= 15 is 0 Å². The van der Waals surface area contributed by atoms with E-state index in [-0.39, 0.29) is 12.5 Å². The lowest BCUT2D eigenvalue weighted by Crippen LogP contribution is -2.44. The number of ketones is 1. The number of carbonyl (C=O) groups excluding carboxylic acids is 3. The summed E-state index contributed by atoms with van der Waals surface area (Å²) in [4.78, 5) is 43.8. The van der Waals surface area contributed by atoms with Gasteiger partial charge in [-0.1, -0.05) is 84.4 Å². The number of hydrogen-bond donors (Lipinski definition) is 0. The first-order valence-electron chi connectivity index (χ1n) is 12.7. The third-order valence-electron chi connectivity index (χ3n) is 8.08. The van der Waals surface area contributed by atoms with Crippen LogP contribution in [0.1, 0.15) is 43.4 Å². The van der Waals surface area contributed by atoms with Gasteiger partial charge in [0.2, 0.25) is 5.78 Å². The SMILES string of the molecule is CC(C)(C)N1N=C(c2ccc(Cl)cc2)C2(C1=O)[C@@H](c1ccccc1)C21CN(Cc2ccccc2)C(=O)C1=O. The molecule has 0 bridgehead atoms. The van der Waals surface area contributed by atoms with E-state index in [9.17, 15) is 14.4 Å². The molecule has 2 amide bonds. The van der Waals surface area contributed by atoms with Crippen molar-refractivity contribution in [3.05, 3.63) is 107 Å². The molecule has 0 radical (unpaired) electrons. The number of halogens is 1. The van der Waals surface area contributed by atoms with E-state index in [1.54, 1.807) is 17.0 Å². The molecule has 3 aliphatic rings. The summed E-state index contributed by atoms with van der Waals surface area (Å²) in [5.41, 5.74) is -0.166. The van der Waals surface area contributed by atoms with E-state index in [2.05, 4.69) is 0 Å². The topological polar surface area (TPSA) is 70.1 Å². The molecule has 38 heavy (non-hydrogen) atoms. The molecule has 1 saturated carbocycles. The fraction of sp³-hybridized carbons (Fsp3) is 0.290. The lowest BCUT2D eigenvalue weighted by Gasteiger charge is -2.29. The lowest BCUT2D eigenvalue weighted by molar-refractivity contribution is -0.143. The summed E-state index contributed by atoms with van der Waals surface area (Å²) in [6.07, 6.45) is 0. The monoisotopic (exact) mass is 525 g/mol. The Morgan fingerprint density at radius 3 is 2.11 bits per heavy atom. The van der Waals surface area contributed by atoms with Gasteiger partial charge in [-0.3, -0.25) is 14.4 Å². The Kier molecular flexibility index (Phi) is 5.41. The molecule has 0 N–H and O–H groups in total. The third kappa shape index (κ3) is 3.26. The number of Topliss-reactive ketones (excluding diaryl/α,β-unsaturated/α-hetero) is 1. The number of hydrogen-bond acceptors (Lipinski definition) is 4. The quantitative estimate of drug-likeness (QED) is 0.447. The molecule has 3 aromatic carbocycles. The van der Waals surface area contributed by atoms with Crippen LogP contribution >= 0.6 is 11.6 Å². The number of hydrazone groups is 1. The van der Waals surface area contributed by atoms with Crippen LogP contribution in [-0.2, 0) is 20.9 Å². The van der Waals surface area contributed by atoms with Gasteiger partial charge < -0.3 is 4.90 Å². The van der Waals surface area contributed by atoms with Gasteiger partial charge in [0.25, 0.3) is 11.8 Å². The van der Waals surface area contributed by atoms with Crippen LogP contribution in [-0.4, -0.2) is 45.3 Å². The molecule has 2 spiro atoms. The highest BCUT2D eigenvalue weighted by molar-refractivity contribution is 6.45. The Balaban J connectivity index is 1.55. The highest BCUT2D eigenvalue weighted by Crippen LogP contribution is 2.79. The maximum atomic E-state index is 14.6. The maximum Gasteiger partial charge on any atom is 0.291 e. The Morgan fingerprint density at radius 1 is 0.895 bits per heavy atom. The number of fused-ring (bicyclic) bond motifs is 1. The van der Waals surface area contributed by atoms with Crippen molar-refractivity contribution in [3.63, 3.8) is 0 Å². The average molecular weight is 526 g/mol. The Labute approximate surface area is 226 Å². The van der Waals surface area contributed by atoms with E-state index in [0.29, 0.717) is 22.8 Å². The first kappa shape index (κ1) is 24.6. The largest absolute Gasteiger partial charge is 0.331 e. The van der Waals surface area contributed by atoms with Crippen molar-refractivity contribution in [2.75, 3.05) is 6.54 Å². The van der Waals surface area contributed by atoms with Crippen molar-refractivity contribution in [3.8, 4) is 0 Å². The van der Waals surface area contributed by atoms with Gasteiger partial charge in [0.1, 0.15) is 5.41 Å². The van der Waals surface area contributed by atoms with Crippen molar-refractivity contribution >= 4 is 34.9 Å². The van der Waals surface area contributed by atoms with Crippen molar-refractivity contribution in [1.29, 1.82) is 0 Å². The van der Waals surface area contributed by atoms with Crippen molar-refractivity contribution < 1.29 is 14.4 Å². The van der Waals surface area contributed by atoms with Gasteiger partial charge in [0.05, 0.1) is 16.7 Å². The summed E-state index contributed by atoms with van der Waals surface area (Å²) >= 11 is 6.20. The second kappa shape index (κ2) is 8.37. The van der Waals surface area contributed by atoms with Gasteiger partial charge in [0, 0.05) is 24.0 Å². The zero-order chi connectivity index (χ0) is 26.9. The van der Waals surface area contributed by atoms with Crippen LogP contribution in [0.15, 0.2) is 90.0 Å². The van der Waals surface area contributed by atoms with Crippen molar-refractivity contribution in [2.45, 2.75) is 38.8 Å². The molecule has 2 aliphatic heterocycles. The first-order chi connectivity index (χ1) is 18.1. The predicted octanol–water partition coefficient (Wildman–Crippen LogP) is 5.07. The van der Waals surface area contributed by atoms with Crippen LogP contribution in [0.4, 0.5) is 0 Å². The Bertz CT molecular complexity index is 1480. The van der Waals surface area contributed by atoms with Gasteiger partial charge in [-0.2, -0.15) is 5.10 Å². The van der Waals surface area contributed by atoms with Gasteiger partial charge >= 0.3 is 0 Å². The molecule has 3 atom stereocenters. The zero-order valence-corrected chi connectivity index (χ0v) is 22.3. The van der Waals surface area contributed by atoms with Crippen LogP contribution in [0.25, 0.3) is 0 Å². The molecule has 2 unspecified atom stereocenters. The van der Waals surface area contributed by atoms with E-state index in [1.165, 1.54) is 5.01 Å². The van der Waals surface area contributed by atoms with E-state index in [1.807, 2.05) is 93.6 Å². The number of carbonyl (C=O) groups is 3. The van der Waals surface area contributed by atoms with E-state index < -0.39 is 34.0 Å². The number of nitrogens with zero attached hydrogens (tertiary/aromatic N) is 3. The number of benzene rings is 3. The molecular formula is C31H28ClN3O3. The highest BCUT2D eigenvalue weighted by atomic mass is 35.5. The average Bonchev–Trinajstić information content (AvgIpc) is 3.27. The molecular weight excluding hydrogens is 498 g/mol. The van der Waals surface area contributed by atoms with Crippen molar-refractivity contribution in [2.24, 2.45) is 15.9 Å². The predicted molar refractivity (Wildman–Crippen MR) is 146 cm³/mol. The normalized spacial score (nSPS) is 26.6. The van der Waals surface area contributed by atoms with E-state index in [0.717, 1.165) is 11.1 Å². The van der Waals surface area contributed by atoms with Crippen molar-refractivity contribution in [1.82, 2.24) is 9.91 Å². The molecule has 3 aromatic rings. The Morgan fingerprint density at radius 2 is 1.50 bits per heavy atom. The molecule has 0 aromatic heterocycles. The molecule has 192 valence electrons. The molecule has 2 heterocycles. The van der Waals surface area contributed by atoms with E-state index in [4.69, 9.17) is 16.7 Å². The lowest BCUT2D eigenvalue weighted by atomic mass is 9.83. The van der Waals surface area contributed by atoms with Crippen LogP contribution in [0.5, 0.6) is 0 Å². The fourth-order valence-electron chi connectivity index (χ4n) is 6.45. The summed E-state index contributed by atoms with van der Waals surface area (Å²) in [6, 6.07) is 26.4. The summed E-state index contributed by atoms with van der Waals surface area (Å²) in [5, 5.41) is 6.96. The van der Waals surface area contributed by atoms with Crippen LogP contribution in [0.3, 0.4) is 0 Å². The third-order valence-corrected chi connectivity index (χ3v) is 8.33. The summed E-state index contributed by atoms with van der Waals surface area (Å²) in [6.45, 7) is 6.21. The van der Waals surface area contributed by atoms with Gasteiger partial charge in [-0.15, -0.1) is 0 Å². The zero-order valence-electron chi connectivity index (χ0n) is 21.5. The molecule has 2 fully saturated rings. The molecule has 1 saturated heterocycles. The first-order valence-corrected chi connectivity index (χ1v) is 13.1.